The maximum absolute atomic E-state index is 13.3. The third kappa shape index (κ3) is 2.72. The van der Waals surface area contributed by atoms with E-state index < -0.39 is 0 Å². The summed E-state index contributed by atoms with van der Waals surface area (Å²) in [6, 6.07) is 4.94. The van der Waals surface area contributed by atoms with E-state index in [9.17, 15) is 4.39 Å². The SMILES string of the molecule is CCC(CC)Oc1cc(C)ccc1F. The lowest BCUT2D eigenvalue weighted by Gasteiger charge is -2.16. The van der Waals surface area contributed by atoms with Gasteiger partial charge in [-0.15, -0.1) is 0 Å². The van der Waals surface area contributed by atoms with Gasteiger partial charge in [-0.25, -0.2) is 4.39 Å². The molecule has 1 nitrogen and oxygen atoms in total. The van der Waals surface area contributed by atoms with Crippen molar-refractivity contribution in [2.75, 3.05) is 0 Å². The molecule has 0 spiro atoms. The van der Waals surface area contributed by atoms with Crippen LogP contribution in [-0.2, 0) is 0 Å². The molecule has 1 rings (SSSR count). The van der Waals surface area contributed by atoms with E-state index in [2.05, 4.69) is 0 Å². The molecular weight excluding hydrogens is 179 g/mol. The van der Waals surface area contributed by atoms with E-state index in [1.54, 1.807) is 12.1 Å². The summed E-state index contributed by atoms with van der Waals surface area (Å²) in [7, 11) is 0. The Bertz CT molecular complexity index is 292. The molecule has 0 aliphatic rings. The molecule has 0 saturated carbocycles. The van der Waals surface area contributed by atoms with Gasteiger partial charge in [-0.2, -0.15) is 0 Å². The number of hydrogen-bond donors (Lipinski definition) is 0. The predicted molar refractivity (Wildman–Crippen MR) is 56.1 cm³/mol. The first-order valence-electron chi connectivity index (χ1n) is 5.10. The van der Waals surface area contributed by atoms with Gasteiger partial charge in [0.25, 0.3) is 0 Å². The zero-order chi connectivity index (χ0) is 10.6. The van der Waals surface area contributed by atoms with Gasteiger partial charge in [0.15, 0.2) is 11.6 Å². The van der Waals surface area contributed by atoms with Crippen molar-refractivity contribution in [2.45, 2.75) is 39.7 Å². The third-order valence-electron chi connectivity index (χ3n) is 2.29. The molecule has 0 aliphatic carbocycles. The molecule has 1 aromatic carbocycles. The molecule has 0 N–H and O–H groups in total. The first-order valence-corrected chi connectivity index (χ1v) is 5.10. The average molecular weight is 196 g/mol. The van der Waals surface area contributed by atoms with Crippen molar-refractivity contribution >= 4 is 0 Å². The van der Waals surface area contributed by atoms with Crippen molar-refractivity contribution in [3.05, 3.63) is 29.6 Å². The highest BCUT2D eigenvalue weighted by atomic mass is 19.1. The molecule has 0 saturated heterocycles. The van der Waals surface area contributed by atoms with Gasteiger partial charge in [-0.3, -0.25) is 0 Å². The molecule has 0 radical (unpaired) electrons. The lowest BCUT2D eigenvalue weighted by atomic mass is 10.2. The zero-order valence-corrected chi connectivity index (χ0v) is 9.01. The van der Waals surface area contributed by atoms with Crippen molar-refractivity contribution in [1.82, 2.24) is 0 Å². The van der Waals surface area contributed by atoms with E-state index in [1.165, 1.54) is 6.07 Å². The molecule has 0 fully saturated rings. The zero-order valence-electron chi connectivity index (χ0n) is 9.01. The number of ether oxygens (including phenoxy) is 1. The van der Waals surface area contributed by atoms with Crippen molar-refractivity contribution in [2.24, 2.45) is 0 Å². The molecule has 0 heterocycles. The normalized spacial score (nSPS) is 10.6. The number of rotatable bonds is 4. The van der Waals surface area contributed by atoms with Crippen molar-refractivity contribution in [3.63, 3.8) is 0 Å². The van der Waals surface area contributed by atoms with E-state index in [1.807, 2.05) is 20.8 Å². The van der Waals surface area contributed by atoms with Crippen molar-refractivity contribution in [1.29, 1.82) is 0 Å². The minimum Gasteiger partial charge on any atom is -0.487 e. The van der Waals surface area contributed by atoms with Crippen LogP contribution in [0, 0.1) is 12.7 Å². The lowest BCUT2D eigenvalue weighted by molar-refractivity contribution is 0.184. The molecule has 14 heavy (non-hydrogen) atoms. The van der Waals surface area contributed by atoms with Crippen LogP contribution in [0.1, 0.15) is 32.3 Å². The Kier molecular flexibility index (Phi) is 3.93. The standard InChI is InChI=1S/C12H17FO/c1-4-10(5-2)14-12-8-9(3)6-7-11(12)13/h6-8,10H,4-5H2,1-3H3. The highest BCUT2D eigenvalue weighted by Crippen LogP contribution is 2.21. The van der Waals surface area contributed by atoms with Crippen LogP contribution in [0.3, 0.4) is 0 Å². The van der Waals surface area contributed by atoms with Crippen LogP contribution in [0.4, 0.5) is 4.39 Å². The van der Waals surface area contributed by atoms with E-state index in [4.69, 9.17) is 4.74 Å². The molecule has 0 amide bonds. The van der Waals surface area contributed by atoms with Crippen LogP contribution in [0.15, 0.2) is 18.2 Å². The lowest BCUT2D eigenvalue weighted by Crippen LogP contribution is -2.14. The largest absolute Gasteiger partial charge is 0.487 e. The molecule has 0 aromatic heterocycles. The fourth-order valence-electron chi connectivity index (χ4n) is 1.34. The molecule has 2 heteroatoms. The smallest absolute Gasteiger partial charge is 0.165 e. The van der Waals surface area contributed by atoms with Gasteiger partial charge in [-0.1, -0.05) is 19.9 Å². The number of halogens is 1. The van der Waals surface area contributed by atoms with Crippen LogP contribution in [0.2, 0.25) is 0 Å². The van der Waals surface area contributed by atoms with E-state index >= 15 is 0 Å². The Morgan fingerprint density at radius 1 is 1.29 bits per heavy atom. The maximum atomic E-state index is 13.3. The highest BCUT2D eigenvalue weighted by molar-refractivity contribution is 5.29. The second-order valence-electron chi connectivity index (χ2n) is 3.49. The quantitative estimate of drug-likeness (QED) is 0.713. The minimum atomic E-state index is -0.275. The Morgan fingerprint density at radius 2 is 1.93 bits per heavy atom. The Hall–Kier alpha value is -1.05. The van der Waals surface area contributed by atoms with Crippen LogP contribution < -0.4 is 4.74 Å². The molecule has 0 aliphatic heterocycles. The van der Waals surface area contributed by atoms with Crippen molar-refractivity contribution in [3.8, 4) is 5.75 Å². The monoisotopic (exact) mass is 196 g/mol. The minimum absolute atomic E-state index is 0.117. The highest BCUT2D eigenvalue weighted by Gasteiger charge is 2.09. The van der Waals surface area contributed by atoms with Gasteiger partial charge < -0.3 is 4.74 Å². The summed E-state index contributed by atoms with van der Waals surface area (Å²) in [6.07, 6.45) is 1.93. The summed E-state index contributed by atoms with van der Waals surface area (Å²) in [4.78, 5) is 0. The molecular formula is C12H17FO. The summed E-state index contributed by atoms with van der Waals surface area (Å²) in [5, 5.41) is 0. The molecule has 0 bridgehead atoms. The first-order chi connectivity index (χ1) is 6.67. The first kappa shape index (κ1) is 11.0. The Labute approximate surface area is 84.9 Å². The second kappa shape index (κ2) is 4.99. The topological polar surface area (TPSA) is 9.23 Å². The molecule has 78 valence electrons. The summed E-state index contributed by atoms with van der Waals surface area (Å²) in [5.74, 6) is 0.0983. The fraction of sp³-hybridized carbons (Fsp3) is 0.500. The van der Waals surface area contributed by atoms with Crippen LogP contribution in [0.25, 0.3) is 0 Å². The second-order valence-corrected chi connectivity index (χ2v) is 3.49. The van der Waals surface area contributed by atoms with Gasteiger partial charge in [0.2, 0.25) is 0 Å². The Balaban J connectivity index is 2.79. The summed E-state index contributed by atoms with van der Waals surface area (Å²) in [6.45, 7) is 6.02. The number of hydrogen-bond acceptors (Lipinski definition) is 1. The number of aryl methyl sites for hydroxylation is 1. The van der Waals surface area contributed by atoms with E-state index in [0.29, 0.717) is 5.75 Å². The molecule has 0 unspecified atom stereocenters. The molecule has 0 atom stereocenters. The fourth-order valence-corrected chi connectivity index (χ4v) is 1.34. The molecule has 1 aromatic rings. The number of benzene rings is 1. The average Bonchev–Trinajstić information content (AvgIpc) is 2.19. The van der Waals surface area contributed by atoms with Crippen LogP contribution in [-0.4, -0.2) is 6.10 Å². The third-order valence-corrected chi connectivity index (χ3v) is 2.29. The summed E-state index contributed by atoms with van der Waals surface area (Å²) in [5.41, 5.74) is 1.02. The predicted octanol–water partition coefficient (Wildman–Crippen LogP) is 3.70. The van der Waals surface area contributed by atoms with E-state index in [-0.39, 0.29) is 11.9 Å². The summed E-state index contributed by atoms with van der Waals surface area (Å²) < 4.78 is 18.8. The van der Waals surface area contributed by atoms with Gasteiger partial charge in [0, 0.05) is 0 Å². The Morgan fingerprint density at radius 3 is 2.50 bits per heavy atom. The van der Waals surface area contributed by atoms with Crippen LogP contribution in [0.5, 0.6) is 5.75 Å². The van der Waals surface area contributed by atoms with Gasteiger partial charge in [-0.05, 0) is 37.5 Å². The van der Waals surface area contributed by atoms with Crippen molar-refractivity contribution < 1.29 is 9.13 Å². The van der Waals surface area contributed by atoms with E-state index in [0.717, 1.165) is 18.4 Å². The van der Waals surface area contributed by atoms with Gasteiger partial charge in [0.1, 0.15) is 0 Å². The maximum Gasteiger partial charge on any atom is 0.165 e. The van der Waals surface area contributed by atoms with Gasteiger partial charge >= 0.3 is 0 Å². The van der Waals surface area contributed by atoms with Gasteiger partial charge in [0.05, 0.1) is 6.10 Å². The van der Waals surface area contributed by atoms with Crippen LogP contribution >= 0.6 is 0 Å². The summed E-state index contributed by atoms with van der Waals surface area (Å²) >= 11 is 0.